The van der Waals surface area contributed by atoms with Gasteiger partial charge in [0, 0.05) is 23.8 Å². The van der Waals surface area contributed by atoms with Crippen molar-refractivity contribution in [1.82, 2.24) is 20.2 Å². The van der Waals surface area contributed by atoms with E-state index in [2.05, 4.69) is 20.2 Å². The number of nitrogens with one attached hydrogen (secondary N) is 2. The Labute approximate surface area is 85.8 Å². The van der Waals surface area contributed by atoms with Crippen LogP contribution >= 0.6 is 0 Å². The fourth-order valence-electron chi connectivity index (χ4n) is 0.651. The zero-order valence-corrected chi connectivity index (χ0v) is 7.20. The molecule has 2 aromatic rings. The highest BCUT2D eigenvalue weighted by atomic mass is 15.1. The van der Waals surface area contributed by atoms with Crippen molar-refractivity contribution in [2.75, 3.05) is 0 Å². The molecule has 0 spiro atoms. The van der Waals surface area contributed by atoms with Gasteiger partial charge in [0.05, 0.1) is 6.33 Å². The van der Waals surface area contributed by atoms with Crippen LogP contribution in [0, 0.1) is 13.8 Å². The second-order valence-electron chi connectivity index (χ2n) is 2.47. The Hall–Kier alpha value is -1.58. The van der Waals surface area contributed by atoms with Gasteiger partial charge in [-0.05, 0) is 19.9 Å². The molecule has 0 aromatic carbocycles. The lowest BCUT2D eigenvalue weighted by Gasteiger charge is -1.68. The van der Waals surface area contributed by atoms with E-state index in [4.69, 9.17) is 0 Å². The summed E-state index contributed by atoms with van der Waals surface area (Å²) in [6.07, 6.45) is 5.17. The van der Waals surface area contributed by atoms with Gasteiger partial charge in [0.15, 0.2) is 0 Å². The van der Waals surface area contributed by atoms with Crippen molar-refractivity contribution in [2.24, 2.45) is 0 Å². The van der Waals surface area contributed by atoms with Gasteiger partial charge in [-0.2, -0.15) is 5.10 Å². The quantitative estimate of drug-likeness (QED) is 0.680. The van der Waals surface area contributed by atoms with E-state index in [0.717, 1.165) is 11.4 Å². The molecule has 0 aliphatic carbocycles. The van der Waals surface area contributed by atoms with Crippen molar-refractivity contribution in [1.29, 1.82) is 0 Å². The molecule has 0 bridgehead atoms. The Kier molecular flexibility index (Phi) is 8.57. The number of nitrogens with zero attached hydrogens (tertiary/aromatic N) is 2. The van der Waals surface area contributed by atoms with E-state index in [1.165, 1.54) is 0 Å². The number of hydrogen-bond donors (Lipinski definition) is 2. The van der Waals surface area contributed by atoms with Crippen LogP contribution in [-0.4, -0.2) is 20.2 Å². The molecular weight excluding hydrogens is 176 g/mol. The first kappa shape index (κ1) is 14.9. The van der Waals surface area contributed by atoms with Crippen molar-refractivity contribution < 1.29 is 0 Å². The third kappa shape index (κ3) is 5.99. The lowest BCUT2D eigenvalue weighted by Crippen LogP contribution is -1.65. The van der Waals surface area contributed by atoms with E-state index in [9.17, 15) is 0 Å². The fraction of sp³-hybridized carbons (Fsp3) is 0.400. The molecule has 14 heavy (non-hydrogen) atoms. The maximum atomic E-state index is 3.77. The van der Waals surface area contributed by atoms with Crippen LogP contribution in [0.3, 0.4) is 0 Å². The molecule has 0 saturated carbocycles. The molecule has 0 aliphatic heterocycles. The first-order valence-corrected chi connectivity index (χ1v) is 3.70. The highest BCUT2D eigenvalue weighted by Gasteiger charge is 1.74. The summed E-state index contributed by atoms with van der Waals surface area (Å²) in [4.78, 5) is 6.66. The van der Waals surface area contributed by atoms with Crippen LogP contribution in [-0.2, 0) is 0 Å². The molecule has 2 rings (SSSR count). The maximum Gasteiger partial charge on any atom is 0.0921 e. The molecule has 0 saturated heterocycles. The number of aromatic nitrogens is 4. The minimum Gasteiger partial charge on any atom is -0.349 e. The van der Waals surface area contributed by atoms with Gasteiger partial charge in [-0.25, -0.2) is 4.98 Å². The molecule has 4 nitrogen and oxygen atoms in total. The Morgan fingerprint density at radius 3 is 2.00 bits per heavy atom. The van der Waals surface area contributed by atoms with Crippen molar-refractivity contribution >= 4 is 0 Å². The molecule has 0 fully saturated rings. The third-order valence-corrected chi connectivity index (χ3v) is 1.27. The van der Waals surface area contributed by atoms with Crippen molar-refractivity contribution in [2.45, 2.75) is 28.7 Å². The first-order chi connectivity index (χ1) is 5.79. The molecule has 0 aliphatic rings. The molecule has 2 N–H and O–H groups in total. The van der Waals surface area contributed by atoms with Crippen LogP contribution in [0.5, 0.6) is 0 Å². The third-order valence-electron chi connectivity index (χ3n) is 1.27. The predicted octanol–water partition coefficient (Wildman–Crippen LogP) is 2.71. The minimum absolute atomic E-state index is 0. The summed E-state index contributed by atoms with van der Waals surface area (Å²) < 4.78 is 0. The van der Waals surface area contributed by atoms with Crippen LogP contribution in [0.1, 0.15) is 26.2 Å². The summed E-state index contributed by atoms with van der Waals surface area (Å²) >= 11 is 0. The Morgan fingerprint density at radius 2 is 1.86 bits per heavy atom. The van der Waals surface area contributed by atoms with E-state index in [1.807, 2.05) is 19.9 Å². The summed E-state index contributed by atoms with van der Waals surface area (Å²) in [5.41, 5.74) is 2.21. The predicted molar refractivity (Wildman–Crippen MR) is 60.1 cm³/mol. The highest BCUT2D eigenvalue weighted by Crippen LogP contribution is 1.82. The van der Waals surface area contributed by atoms with Crippen molar-refractivity contribution in [3.05, 3.63) is 36.2 Å². The van der Waals surface area contributed by atoms with E-state index in [-0.39, 0.29) is 14.9 Å². The molecule has 0 radical (unpaired) electrons. The Balaban J connectivity index is 0. The molecule has 2 heterocycles. The van der Waals surface area contributed by atoms with Gasteiger partial charge in [0.2, 0.25) is 0 Å². The summed E-state index contributed by atoms with van der Waals surface area (Å²) in [5.74, 6) is 0. The largest absolute Gasteiger partial charge is 0.349 e. The highest BCUT2D eigenvalue weighted by molar-refractivity contribution is 4.92. The van der Waals surface area contributed by atoms with Gasteiger partial charge in [0.1, 0.15) is 0 Å². The summed E-state index contributed by atoms with van der Waals surface area (Å²) in [6.45, 7) is 3.93. The SMILES string of the molecule is C.C.Cc1ccn[nH]1.Cc1cnc[nH]1. The van der Waals surface area contributed by atoms with Crippen molar-refractivity contribution in [3.63, 3.8) is 0 Å². The summed E-state index contributed by atoms with van der Waals surface area (Å²) in [6, 6.07) is 1.92. The standard InChI is InChI=1S/2C4H6N2.2CH4/c1-4-2-5-3-6-4;1-4-2-3-5-6-4;;/h2*2-3H,1H3,(H,5,6);2*1H4. The molecule has 4 heteroatoms. The number of imidazole rings is 1. The number of rotatable bonds is 0. The van der Waals surface area contributed by atoms with Crippen LogP contribution in [0.2, 0.25) is 0 Å². The van der Waals surface area contributed by atoms with Crippen LogP contribution in [0.4, 0.5) is 0 Å². The lowest BCUT2D eigenvalue weighted by molar-refractivity contribution is 1.05. The molecule has 0 unspecified atom stereocenters. The molecule has 0 atom stereocenters. The number of aryl methyl sites for hydroxylation is 2. The maximum absolute atomic E-state index is 3.77. The van der Waals surface area contributed by atoms with E-state index in [0.29, 0.717) is 0 Å². The topological polar surface area (TPSA) is 57.4 Å². The second kappa shape index (κ2) is 8.04. The normalized spacial score (nSPS) is 7.57. The summed E-state index contributed by atoms with van der Waals surface area (Å²) in [5, 5.41) is 6.45. The average molecular weight is 196 g/mol. The fourth-order valence-corrected chi connectivity index (χ4v) is 0.651. The van der Waals surface area contributed by atoms with Crippen molar-refractivity contribution in [3.8, 4) is 0 Å². The van der Waals surface area contributed by atoms with E-state index >= 15 is 0 Å². The number of H-pyrrole nitrogens is 2. The van der Waals surface area contributed by atoms with Crippen LogP contribution in [0.25, 0.3) is 0 Å². The summed E-state index contributed by atoms with van der Waals surface area (Å²) in [7, 11) is 0. The van der Waals surface area contributed by atoms with Gasteiger partial charge in [0.25, 0.3) is 0 Å². The van der Waals surface area contributed by atoms with E-state index < -0.39 is 0 Å². The monoisotopic (exact) mass is 196 g/mol. The minimum atomic E-state index is 0. The number of hydrogen-bond acceptors (Lipinski definition) is 2. The molecule has 2 aromatic heterocycles. The Morgan fingerprint density at radius 1 is 1.14 bits per heavy atom. The molecule has 80 valence electrons. The zero-order chi connectivity index (χ0) is 8.81. The molecule has 0 amide bonds. The smallest absolute Gasteiger partial charge is 0.0921 e. The van der Waals surface area contributed by atoms with Gasteiger partial charge >= 0.3 is 0 Å². The van der Waals surface area contributed by atoms with Crippen LogP contribution in [0.15, 0.2) is 24.8 Å². The Bertz CT molecular complexity index is 252. The lowest BCUT2D eigenvalue weighted by atomic mass is 10.5. The van der Waals surface area contributed by atoms with Gasteiger partial charge in [-0.3, -0.25) is 5.10 Å². The average Bonchev–Trinajstić information content (AvgIpc) is 2.63. The number of aromatic amines is 2. The second-order valence-corrected chi connectivity index (χ2v) is 2.47. The van der Waals surface area contributed by atoms with Crippen LogP contribution < -0.4 is 0 Å². The first-order valence-electron chi connectivity index (χ1n) is 3.70. The van der Waals surface area contributed by atoms with Gasteiger partial charge < -0.3 is 4.98 Å². The molecular formula is C10H20N4. The zero-order valence-electron chi connectivity index (χ0n) is 7.20. The van der Waals surface area contributed by atoms with Gasteiger partial charge in [-0.15, -0.1) is 0 Å². The van der Waals surface area contributed by atoms with Gasteiger partial charge in [-0.1, -0.05) is 14.9 Å². The van der Waals surface area contributed by atoms with E-state index in [1.54, 1.807) is 18.7 Å².